The molecule has 29 heavy (non-hydrogen) atoms. The normalized spacial score (nSPS) is 10.7. The Balaban J connectivity index is 1.33. The molecule has 0 atom stereocenters. The van der Waals surface area contributed by atoms with E-state index in [1.165, 1.54) is 23.5 Å². The third kappa shape index (κ3) is 5.28. The quantitative estimate of drug-likeness (QED) is 0.410. The van der Waals surface area contributed by atoms with Crippen LogP contribution < -0.4 is 10.1 Å². The lowest BCUT2D eigenvalue weighted by molar-refractivity contribution is -0.115. The van der Waals surface area contributed by atoms with Gasteiger partial charge in [-0.25, -0.2) is 9.37 Å². The third-order valence-electron chi connectivity index (χ3n) is 4.10. The summed E-state index contributed by atoms with van der Waals surface area (Å²) in [5.41, 5.74) is 3.35. The topological polar surface area (TPSA) is 51.2 Å². The number of benzene rings is 2. The molecule has 146 valence electrons. The number of aromatic nitrogens is 1. The number of hydrogen-bond donors (Lipinski definition) is 1. The number of thiophene rings is 1. The van der Waals surface area contributed by atoms with Gasteiger partial charge >= 0.3 is 0 Å². The Morgan fingerprint density at radius 2 is 1.97 bits per heavy atom. The summed E-state index contributed by atoms with van der Waals surface area (Å²) < 4.78 is 18.7. The molecule has 0 saturated carbocycles. The summed E-state index contributed by atoms with van der Waals surface area (Å²) in [6.07, 6.45) is 0.210. The number of anilines is 1. The number of ether oxygens (including phenoxy) is 1. The smallest absolute Gasteiger partial charge is 0.230 e. The summed E-state index contributed by atoms with van der Waals surface area (Å²) >= 11 is 3.16. The molecule has 1 N–H and O–H groups in total. The summed E-state index contributed by atoms with van der Waals surface area (Å²) in [6.45, 7) is 0.321. The zero-order valence-corrected chi connectivity index (χ0v) is 16.9. The Morgan fingerprint density at radius 1 is 1.10 bits per heavy atom. The number of thiazole rings is 1. The molecule has 0 spiro atoms. The second-order valence-electron chi connectivity index (χ2n) is 6.32. The van der Waals surface area contributed by atoms with Crippen molar-refractivity contribution in [3.63, 3.8) is 0 Å². The Bertz CT molecular complexity index is 1090. The van der Waals surface area contributed by atoms with Crippen molar-refractivity contribution in [2.45, 2.75) is 13.0 Å². The average Bonchev–Trinajstić information content (AvgIpc) is 3.40. The van der Waals surface area contributed by atoms with E-state index in [9.17, 15) is 9.18 Å². The predicted molar refractivity (Wildman–Crippen MR) is 115 cm³/mol. The van der Waals surface area contributed by atoms with Crippen LogP contribution in [0.5, 0.6) is 5.75 Å². The molecule has 2 aromatic heterocycles. The van der Waals surface area contributed by atoms with Gasteiger partial charge in [-0.2, -0.15) is 11.3 Å². The van der Waals surface area contributed by atoms with Gasteiger partial charge in [-0.1, -0.05) is 18.2 Å². The minimum atomic E-state index is -0.277. The van der Waals surface area contributed by atoms with Gasteiger partial charge in [0.15, 0.2) is 0 Å². The molecule has 0 aliphatic carbocycles. The maximum atomic E-state index is 13.0. The molecule has 2 aromatic carbocycles. The molecular formula is C22H17FN2O2S2. The summed E-state index contributed by atoms with van der Waals surface area (Å²) in [7, 11) is 0. The summed E-state index contributed by atoms with van der Waals surface area (Å²) in [6, 6.07) is 15.4. The van der Waals surface area contributed by atoms with Crippen molar-refractivity contribution >= 4 is 34.3 Å². The van der Waals surface area contributed by atoms with Crippen molar-refractivity contribution in [1.82, 2.24) is 4.98 Å². The first-order valence-corrected chi connectivity index (χ1v) is 10.7. The fraction of sp³-hybridized carbons (Fsp3) is 0.0909. The fourth-order valence-corrected chi connectivity index (χ4v) is 4.22. The third-order valence-corrected chi connectivity index (χ3v) is 5.72. The van der Waals surface area contributed by atoms with E-state index in [-0.39, 0.29) is 18.1 Å². The minimum absolute atomic E-state index is 0.136. The molecule has 4 nitrogen and oxygen atoms in total. The van der Waals surface area contributed by atoms with E-state index in [2.05, 4.69) is 10.3 Å². The highest BCUT2D eigenvalue weighted by molar-refractivity contribution is 7.14. The maximum absolute atomic E-state index is 13.0. The molecule has 7 heteroatoms. The number of nitrogens with one attached hydrogen (secondary N) is 1. The van der Waals surface area contributed by atoms with Crippen LogP contribution in [0.15, 0.2) is 70.7 Å². The molecule has 0 radical (unpaired) electrons. The van der Waals surface area contributed by atoms with Crippen LogP contribution in [-0.4, -0.2) is 10.9 Å². The van der Waals surface area contributed by atoms with E-state index in [1.54, 1.807) is 35.6 Å². The molecule has 0 aliphatic heterocycles. The van der Waals surface area contributed by atoms with E-state index in [0.717, 1.165) is 21.8 Å². The standard InChI is InChI=1S/C22H17FN2O2S2/c23-17-6-4-15(5-7-17)12-27-20-3-1-2-18(10-20)24-21(26)11-19-14-29-22(25-19)16-8-9-28-13-16/h1-10,13-14H,11-12H2,(H,24,26). The molecular weight excluding hydrogens is 407 g/mol. The highest BCUT2D eigenvalue weighted by Crippen LogP contribution is 2.26. The van der Waals surface area contributed by atoms with Crippen LogP contribution in [0.2, 0.25) is 0 Å². The predicted octanol–water partition coefficient (Wildman–Crippen LogP) is 5.77. The fourth-order valence-electron chi connectivity index (χ4n) is 2.69. The van der Waals surface area contributed by atoms with Crippen LogP contribution in [-0.2, 0) is 17.8 Å². The van der Waals surface area contributed by atoms with Gasteiger partial charge < -0.3 is 10.1 Å². The van der Waals surface area contributed by atoms with Gasteiger partial charge in [0.25, 0.3) is 0 Å². The van der Waals surface area contributed by atoms with E-state index in [1.807, 2.05) is 34.3 Å². The summed E-state index contributed by atoms with van der Waals surface area (Å²) in [5.74, 6) is 0.212. The largest absolute Gasteiger partial charge is 0.489 e. The van der Waals surface area contributed by atoms with Crippen LogP contribution in [0.3, 0.4) is 0 Å². The molecule has 2 heterocycles. The molecule has 1 amide bonds. The number of carbonyl (C=O) groups excluding carboxylic acids is 1. The molecule has 0 saturated heterocycles. The Labute approximate surface area is 175 Å². The van der Waals surface area contributed by atoms with Crippen molar-refractivity contribution in [1.29, 1.82) is 0 Å². The van der Waals surface area contributed by atoms with Gasteiger partial charge in [0.05, 0.1) is 12.1 Å². The van der Waals surface area contributed by atoms with Gasteiger partial charge in [-0.3, -0.25) is 4.79 Å². The number of rotatable bonds is 7. The highest BCUT2D eigenvalue weighted by atomic mass is 32.1. The van der Waals surface area contributed by atoms with Crippen LogP contribution >= 0.6 is 22.7 Å². The first-order valence-electron chi connectivity index (χ1n) is 8.90. The van der Waals surface area contributed by atoms with Crippen molar-refractivity contribution < 1.29 is 13.9 Å². The SMILES string of the molecule is O=C(Cc1csc(-c2ccsc2)n1)Nc1cccc(OCc2ccc(F)cc2)c1. The number of hydrogen-bond acceptors (Lipinski definition) is 5. The molecule has 0 fully saturated rings. The number of amides is 1. The first kappa shape index (κ1) is 19.3. The van der Waals surface area contributed by atoms with Gasteiger partial charge in [-0.15, -0.1) is 11.3 Å². The van der Waals surface area contributed by atoms with Gasteiger partial charge in [0.2, 0.25) is 5.91 Å². The monoisotopic (exact) mass is 424 g/mol. The molecule has 0 unspecified atom stereocenters. The Kier molecular flexibility index (Phi) is 5.97. The number of carbonyl (C=O) groups is 1. The van der Waals surface area contributed by atoms with Crippen molar-refractivity contribution in [3.05, 3.63) is 87.8 Å². The lowest BCUT2D eigenvalue weighted by Gasteiger charge is -2.09. The van der Waals surface area contributed by atoms with Crippen LogP contribution in [0.25, 0.3) is 10.6 Å². The lowest BCUT2D eigenvalue weighted by atomic mass is 10.2. The second kappa shape index (κ2) is 8.98. The van der Waals surface area contributed by atoms with Crippen LogP contribution in [0.1, 0.15) is 11.3 Å². The minimum Gasteiger partial charge on any atom is -0.489 e. The summed E-state index contributed by atoms with van der Waals surface area (Å²) in [5, 5.41) is 9.76. The van der Waals surface area contributed by atoms with Gasteiger partial charge in [0.1, 0.15) is 23.2 Å². The molecule has 0 aliphatic rings. The second-order valence-corrected chi connectivity index (χ2v) is 7.96. The summed E-state index contributed by atoms with van der Waals surface area (Å²) in [4.78, 5) is 16.9. The van der Waals surface area contributed by atoms with Crippen LogP contribution in [0, 0.1) is 5.82 Å². The van der Waals surface area contributed by atoms with Crippen molar-refractivity contribution in [2.75, 3.05) is 5.32 Å². The Morgan fingerprint density at radius 3 is 2.76 bits per heavy atom. The molecule has 4 rings (SSSR count). The van der Waals surface area contributed by atoms with E-state index in [0.29, 0.717) is 18.0 Å². The maximum Gasteiger partial charge on any atom is 0.230 e. The molecule has 0 bridgehead atoms. The zero-order valence-electron chi connectivity index (χ0n) is 15.3. The van der Waals surface area contributed by atoms with E-state index in [4.69, 9.17) is 4.74 Å². The zero-order chi connectivity index (χ0) is 20.1. The van der Waals surface area contributed by atoms with Gasteiger partial charge in [0, 0.05) is 28.1 Å². The Hall–Kier alpha value is -3.03. The number of halogens is 1. The highest BCUT2D eigenvalue weighted by Gasteiger charge is 2.10. The van der Waals surface area contributed by atoms with Crippen molar-refractivity contribution in [3.8, 4) is 16.3 Å². The van der Waals surface area contributed by atoms with E-state index < -0.39 is 0 Å². The lowest BCUT2D eigenvalue weighted by Crippen LogP contribution is -2.14. The van der Waals surface area contributed by atoms with E-state index >= 15 is 0 Å². The average molecular weight is 425 g/mol. The first-order chi connectivity index (χ1) is 14.2. The molecule has 4 aromatic rings. The number of nitrogens with zero attached hydrogens (tertiary/aromatic N) is 1. The van der Waals surface area contributed by atoms with Gasteiger partial charge in [-0.05, 0) is 41.3 Å². The van der Waals surface area contributed by atoms with Crippen molar-refractivity contribution in [2.24, 2.45) is 0 Å². The van der Waals surface area contributed by atoms with Crippen LogP contribution in [0.4, 0.5) is 10.1 Å².